The highest BCUT2D eigenvalue weighted by Gasteiger charge is 2.30. The SMILES string of the molecule is COC(=O)Oc1cncc(-c2ccc(OC(F)(F)F)cc2)c1. The highest BCUT2D eigenvalue weighted by atomic mass is 19.4. The number of alkyl halides is 3. The van der Waals surface area contributed by atoms with Gasteiger partial charge in [-0.2, -0.15) is 0 Å². The topological polar surface area (TPSA) is 57.7 Å². The van der Waals surface area contributed by atoms with Crippen molar-refractivity contribution < 1.29 is 32.2 Å². The maximum Gasteiger partial charge on any atom is 0.573 e. The Bertz CT molecular complexity index is 656. The molecule has 0 saturated carbocycles. The van der Waals surface area contributed by atoms with Gasteiger partial charge in [-0.25, -0.2) is 4.79 Å². The second-order valence-electron chi connectivity index (χ2n) is 4.04. The van der Waals surface area contributed by atoms with Gasteiger partial charge in [0.05, 0.1) is 13.3 Å². The van der Waals surface area contributed by atoms with E-state index in [9.17, 15) is 18.0 Å². The first kappa shape index (κ1) is 15.6. The molecular formula is C14H10F3NO4. The summed E-state index contributed by atoms with van der Waals surface area (Å²) in [6, 6.07) is 6.72. The Balaban J connectivity index is 2.18. The molecule has 0 radical (unpaired) electrons. The molecule has 1 aromatic heterocycles. The smallest absolute Gasteiger partial charge is 0.437 e. The molecule has 22 heavy (non-hydrogen) atoms. The third-order valence-electron chi connectivity index (χ3n) is 2.50. The van der Waals surface area contributed by atoms with Gasteiger partial charge in [0.15, 0.2) is 5.75 Å². The molecule has 2 rings (SSSR count). The van der Waals surface area contributed by atoms with Crippen LogP contribution in [-0.4, -0.2) is 24.6 Å². The predicted molar refractivity (Wildman–Crippen MR) is 69.4 cm³/mol. The molecule has 0 aliphatic carbocycles. The Morgan fingerprint density at radius 3 is 2.32 bits per heavy atom. The van der Waals surface area contributed by atoms with E-state index in [1.165, 1.54) is 49.8 Å². The first-order valence-electron chi connectivity index (χ1n) is 5.94. The number of methoxy groups -OCH3 is 1. The number of aromatic nitrogens is 1. The minimum atomic E-state index is -4.74. The summed E-state index contributed by atoms with van der Waals surface area (Å²) in [6.45, 7) is 0. The van der Waals surface area contributed by atoms with Crippen LogP contribution in [0.1, 0.15) is 0 Å². The van der Waals surface area contributed by atoms with Gasteiger partial charge in [0.2, 0.25) is 0 Å². The molecule has 0 fully saturated rings. The van der Waals surface area contributed by atoms with E-state index in [0.717, 1.165) is 0 Å². The van der Waals surface area contributed by atoms with E-state index in [1.807, 2.05) is 0 Å². The molecule has 0 aliphatic heterocycles. The summed E-state index contributed by atoms with van der Waals surface area (Å²) in [5.41, 5.74) is 1.14. The van der Waals surface area contributed by atoms with Crippen LogP contribution in [0.5, 0.6) is 11.5 Å². The molecule has 0 atom stereocenters. The Labute approximate surface area is 123 Å². The van der Waals surface area contributed by atoms with Gasteiger partial charge in [-0.15, -0.1) is 13.2 Å². The number of carbonyl (C=O) groups is 1. The van der Waals surface area contributed by atoms with Gasteiger partial charge < -0.3 is 14.2 Å². The Morgan fingerprint density at radius 2 is 1.73 bits per heavy atom. The van der Waals surface area contributed by atoms with E-state index < -0.39 is 12.5 Å². The van der Waals surface area contributed by atoms with Crippen molar-refractivity contribution in [3.8, 4) is 22.6 Å². The van der Waals surface area contributed by atoms with Crippen LogP contribution in [0.4, 0.5) is 18.0 Å². The fourth-order valence-corrected chi connectivity index (χ4v) is 1.62. The van der Waals surface area contributed by atoms with Crippen molar-refractivity contribution in [1.29, 1.82) is 0 Å². The summed E-state index contributed by atoms with van der Waals surface area (Å²) in [4.78, 5) is 14.9. The highest BCUT2D eigenvalue weighted by molar-refractivity contribution is 5.67. The summed E-state index contributed by atoms with van der Waals surface area (Å²) in [7, 11) is 1.17. The van der Waals surface area contributed by atoms with Gasteiger partial charge >= 0.3 is 12.5 Å². The second-order valence-corrected chi connectivity index (χ2v) is 4.04. The number of hydrogen-bond donors (Lipinski definition) is 0. The summed E-state index contributed by atoms with van der Waals surface area (Å²) in [5.74, 6) is -0.175. The third kappa shape index (κ3) is 4.37. The maximum atomic E-state index is 12.1. The van der Waals surface area contributed by atoms with Crippen molar-refractivity contribution in [1.82, 2.24) is 4.98 Å². The van der Waals surface area contributed by atoms with Crippen LogP contribution in [-0.2, 0) is 4.74 Å². The number of ether oxygens (including phenoxy) is 3. The van der Waals surface area contributed by atoms with E-state index in [0.29, 0.717) is 11.1 Å². The molecular weight excluding hydrogens is 303 g/mol. The Morgan fingerprint density at radius 1 is 1.05 bits per heavy atom. The van der Waals surface area contributed by atoms with E-state index in [1.54, 1.807) is 0 Å². The number of rotatable bonds is 3. The number of benzene rings is 1. The van der Waals surface area contributed by atoms with E-state index >= 15 is 0 Å². The van der Waals surface area contributed by atoms with Crippen LogP contribution in [0.2, 0.25) is 0 Å². The molecule has 0 saturated heterocycles. The van der Waals surface area contributed by atoms with Crippen LogP contribution >= 0.6 is 0 Å². The van der Waals surface area contributed by atoms with E-state index in [4.69, 9.17) is 4.74 Å². The number of carbonyl (C=O) groups excluding carboxylic acids is 1. The van der Waals surface area contributed by atoms with Crippen molar-refractivity contribution in [3.63, 3.8) is 0 Å². The summed E-state index contributed by atoms with van der Waals surface area (Å²) >= 11 is 0. The van der Waals surface area contributed by atoms with Gasteiger partial charge in [0, 0.05) is 11.8 Å². The Kier molecular flexibility index (Phi) is 4.50. The summed E-state index contributed by atoms with van der Waals surface area (Å²) in [6.07, 6.45) is -2.85. The van der Waals surface area contributed by atoms with Crippen LogP contribution in [0.15, 0.2) is 42.7 Å². The number of halogens is 3. The van der Waals surface area contributed by atoms with Gasteiger partial charge in [-0.05, 0) is 23.8 Å². The lowest BCUT2D eigenvalue weighted by atomic mass is 10.1. The fourth-order valence-electron chi connectivity index (χ4n) is 1.62. The molecule has 8 heteroatoms. The zero-order chi connectivity index (χ0) is 16.2. The molecule has 0 N–H and O–H groups in total. The van der Waals surface area contributed by atoms with Crippen LogP contribution in [0, 0.1) is 0 Å². The van der Waals surface area contributed by atoms with Crippen molar-refractivity contribution in [2.24, 2.45) is 0 Å². The minimum absolute atomic E-state index is 0.153. The lowest BCUT2D eigenvalue weighted by molar-refractivity contribution is -0.274. The molecule has 2 aromatic rings. The molecule has 0 unspecified atom stereocenters. The maximum absolute atomic E-state index is 12.1. The van der Waals surface area contributed by atoms with Crippen LogP contribution in [0.3, 0.4) is 0 Å². The first-order valence-corrected chi connectivity index (χ1v) is 5.94. The molecule has 1 heterocycles. The van der Waals surface area contributed by atoms with E-state index in [-0.39, 0.29) is 11.5 Å². The second kappa shape index (κ2) is 6.33. The lowest BCUT2D eigenvalue weighted by Gasteiger charge is -2.09. The van der Waals surface area contributed by atoms with Crippen molar-refractivity contribution in [2.45, 2.75) is 6.36 Å². The normalized spacial score (nSPS) is 10.9. The van der Waals surface area contributed by atoms with Crippen LogP contribution < -0.4 is 9.47 Å². The van der Waals surface area contributed by atoms with Crippen molar-refractivity contribution in [3.05, 3.63) is 42.7 Å². The molecule has 0 aliphatic rings. The molecule has 5 nitrogen and oxygen atoms in total. The van der Waals surface area contributed by atoms with Gasteiger partial charge in [0.1, 0.15) is 5.75 Å². The van der Waals surface area contributed by atoms with Crippen molar-refractivity contribution in [2.75, 3.05) is 7.11 Å². The largest absolute Gasteiger partial charge is 0.573 e. The monoisotopic (exact) mass is 313 g/mol. The Hall–Kier alpha value is -2.77. The molecule has 0 spiro atoms. The van der Waals surface area contributed by atoms with Crippen LogP contribution in [0.25, 0.3) is 11.1 Å². The zero-order valence-electron chi connectivity index (χ0n) is 11.3. The molecule has 116 valence electrons. The van der Waals surface area contributed by atoms with E-state index in [2.05, 4.69) is 14.5 Å². The third-order valence-corrected chi connectivity index (χ3v) is 2.50. The standard InChI is InChI=1S/C14H10F3NO4/c1-20-13(19)21-12-6-10(7-18-8-12)9-2-4-11(5-3-9)22-14(15,16)17/h2-8H,1H3. The number of hydrogen-bond acceptors (Lipinski definition) is 5. The fraction of sp³-hybridized carbons (Fsp3) is 0.143. The quantitative estimate of drug-likeness (QED) is 0.807. The van der Waals surface area contributed by atoms with Gasteiger partial charge in [0.25, 0.3) is 0 Å². The zero-order valence-corrected chi connectivity index (χ0v) is 11.3. The molecule has 0 bridgehead atoms. The van der Waals surface area contributed by atoms with Gasteiger partial charge in [-0.3, -0.25) is 4.98 Å². The minimum Gasteiger partial charge on any atom is -0.437 e. The summed E-state index contributed by atoms with van der Waals surface area (Å²) in [5, 5.41) is 0. The van der Waals surface area contributed by atoms with Crippen molar-refractivity contribution >= 4 is 6.16 Å². The molecule has 0 amide bonds. The number of pyridine rings is 1. The average molecular weight is 313 g/mol. The highest BCUT2D eigenvalue weighted by Crippen LogP contribution is 2.27. The lowest BCUT2D eigenvalue weighted by Crippen LogP contribution is -2.16. The van der Waals surface area contributed by atoms with Gasteiger partial charge in [-0.1, -0.05) is 12.1 Å². The average Bonchev–Trinajstić information content (AvgIpc) is 2.46. The predicted octanol–water partition coefficient (Wildman–Crippen LogP) is 3.79. The first-order chi connectivity index (χ1) is 10.4. The summed E-state index contributed by atoms with van der Waals surface area (Å²) < 4.78 is 49.2. The molecule has 1 aromatic carbocycles. The number of nitrogens with zero attached hydrogens (tertiary/aromatic N) is 1.